The van der Waals surface area contributed by atoms with Gasteiger partial charge in [-0.1, -0.05) is 50.1 Å². The molecule has 1 aromatic rings. The highest BCUT2D eigenvalue weighted by Crippen LogP contribution is 1.99. The number of hydrogen-bond donors (Lipinski definition) is 0. The maximum atomic E-state index is 10.9. The molecule has 82 valence electrons. The third-order valence-corrected chi connectivity index (χ3v) is 1.65. The average molecular weight is 214 g/mol. The van der Waals surface area contributed by atoms with Gasteiger partial charge >= 0.3 is 0 Å². The highest BCUT2D eigenvalue weighted by atomic mass is 16.1. The van der Waals surface area contributed by atoms with E-state index in [1.807, 2.05) is 18.2 Å². The van der Waals surface area contributed by atoms with Crippen LogP contribution in [0.15, 0.2) is 68.3 Å². The van der Waals surface area contributed by atoms with E-state index >= 15 is 0 Å². The number of ketones is 2. The van der Waals surface area contributed by atoms with Crippen molar-refractivity contribution in [3.8, 4) is 0 Å². The SMILES string of the molecule is C=CC(=O)C=C.C=CC(=O)c1ccccc1. The Kier molecular flexibility index (Phi) is 6.99. The van der Waals surface area contributed by atoms with Gasteiger partial charge in [-0.15, -0.1) is 0 Å². The zero-order valence-corrected chi connectivity index (χ0v) is 9.06. The van der Waals surface area contributed by atoms with Crippen LogP contribution in [0.1, 0.15) is 10.4 Å². The van der Waals surface area contributed by atoms with Crippen LogP contribution in [0.2, 0.25) is 0 Å². The molecular weight excluding hydrogens is 200 g/mol. The van der Waals surface area contributed by atoms with Gasteiger partial charge in [0, 0.05) is 5.56 Å². The first-order valence-corrected chi connectivity index (χ1v) is 4.66. The van der Waals surface area contributed by atoms with E-state index in [4.69, 9.17) is 0 Å². The van der Waals surface area contributed by atoms with Crippen molar-refractivity contribution in [1.29, 1.82) is 0 Å². The molecule has 0 atom stereocenters. The molecule has 0 unspecified atom stereocenters. The van der Waals surface area contributed by atoms with Crippen molar-refractivity contribution in [2.24, 2.45) is 0 Å². The van der Waals surface area contributed by atoms with Crippen molar-refractivity contribution in [3.63, 3.8) is 0 Å². The van der Waals surface area contributed by atoms with E-state index in [0.717, 1.165) is 0 Å². The number of carbonyl (C=O) groups is 2. The smallest absolute Gasteiger partial charge is 0.185 e. The monoisotopic (exact) mass is 214 g/mol. The van der Waals surface area contributed by atoms with E-state index in [-0.39, 0.29) is 11.6 Å². The number of carbonyl (C=O) groups excluding carboxylic acids is 2. The largest absolute Gasteiger partial charge is 0.290 e. The first-order valence-electron chi connectivity index (χ1n) is 4.66. The summed E-state index contributed by atoms with van der Waals surface area (Å²) in [4.78, 5) is 20.8. The first kappa shape index (κ1) is 13.8. The van der Waals surface area contributed by atoms with Crippen LogP contribution in [0.3, 0.4) is 0 Å². The molecule has 0 amide bonds. The maximum Gasteiger partial charge on any atom is 0.185 e. The molecule has 0 saturated carbocycles. The molecule has 0 radical (unpaired) electrons. The Bertz CT molecular complexity index is 378. The van der Waals surface area contributed by atoms with Gasteiger partial charge in [-0.3, -0.25) is 9.59 Å². The topological polar surface area (TPSA) is 34.1 Å². The van der Waals surface area contributed by atoms with Crippen LogP contribution in [0, 0.1) is 0 Å². The number of hydrogen-bond acceptors (Lipinski definition) is 2. The van der Waals surface area contributed by atoms with Crippen molar-refractivity contribution in [2.75, 3.05) is 0 Å². The molecule has 2 heteroatoms. The summed E-state index contributed by atoms with van der Waals surface area (Å²) in [6.07, 6.45) is 3.75. The standard InChI is InChI=1S/C9H8O.C5H6O/c1-2-9(10)8-6-4-3-5-7-8;1-3-5(6)4-2/h2-7H,1H2;3-4H,1-2H2. The summed E-state index contributed by atoms with van der Waals surface area (Å²) in [6, 6.07) is 9.07. The van der Waals surface area contributed by atoms with Gasteiger partial charge in [-0.25, -0.2) is 0 Å². The van der Waals surface area contributed by atoms with Gasteiger partial charge in [0.1, 0.15) is 0 Å². The Hall–Kier alpha value is -2.22. The predicted molar refractivity (Wildman–Crippen MR) is 66.4 cm³/mol. The molecule has 1 rings (SSSR count). The molecule has 0 N–H and O–H groups in total. The Balaban J connectivity index is 0.000000325. The fourth-order valence-corrected chi connectivity index (χ4v) is 0.804. The summed E-state index contributed by atoms with van der Waals surface area (Å²) in [5, 5.41) is 0. The molecule has 16 heavy (non-hydrogen) atoms. The van der Waals surface area contributed by atoms with Crippen LogP contribution in [-0.4, -0.2) is 11.6 Å². The predicted octanol–water partition coefficient (Wildman–Crippen LogP) is 2.98. The van der Waals surface area contributed by atoms with Crippen molar-refractivity contribution < 1.29 is 9.59 Å². The number of benzene rings is 1. The van der Waals surface area contributed by atoms with Gasteiger partial charge in [0.25, 0.3) is 0 Å². The second-order valence-electron chi connectivity index (χ2n) is 2.75. The van der Waals surface area contributed by atoms with Gasteiger partial charge in [0.2, 0.25) is 0 Å². The lowest BCUT2D eigenvalue weighted by Gasteiger charge is -1.90. The molecule has 1 aromatic carbocycles. The van der Waals surface area contributed by atoms with E-state index in [1.54, 1.807) is 12.1 Å². The van der Waals surface area contributed by atoms with Crippen molar-refractivity contribution in [2.45, 2.75) is 0 Å². The zero-order valence-electron chi connectivity index (χ0n) is 9.06. The normalized spacial score (nSPS) is 8.00. The second kappa shape index (κ2) is 8.12. The second-order valence-corrected chi connectivity index (χ2v) is 2.75. The quantitative estimate of drug-likeness (QED) is 0.570. The van der Waals surface area contributed by atoms with Crippen molar-refractivity contribution in [1.82, 2.24) is 0 Å². The molecule has 0 bridgehead atoms. The zero-order chi connectivity index (χ0) is 12.4. The molecule has 0 aliphatic heterocycles. The summed E-state index contributed by atoms with van der Waals surface area (Å²) in [5.74, 6) is -0.157. The molecule has 0 spiro atoms. The fraction of sp³-hybridized carbons (Fsp3) is 0. The van der Waals surface area contributed by atoms with Crippen LogP contribution in [0.5, 0.6) is 0 Å². The minimum Gasteiger partial charge on any atom is -0.290 e. The lowest BCUT2D eigenvalue weighted by atomic mass is 10.1. The van der Waals surface area contributed by atoms with E-state index in [2.05, 4.69) is 19.7 Å². The van der Waals surface area contributed by atoms with Crippen molar-refractivity contribution >= 4 is 11.6 Å². The summed E-state index contributed by atoms with van der Waals surface area (Å²) < 4.78 is 0. The Labute approximate surface area is 95.6 Å². The van der Waals surface area contributed by atoms with Gasteiger partial charge in [0.05, 0.1) is 0 Å². The van der Waals surface area contributed by atoms with E-state index in [0.29, 0.717) is 5.56 Å². The van der Waals surface area contributed by atoms with E-state index in [1.165, 1.54) is 18.2 Å². The summed E-state index contributed by atoms with van der Waals surface area (Å²) >= 11 is 0. The highest BCUT2D eigenvalue weighted by Gasteiger charge is 1.95. The summed E-state index contributed by atoms with van der Waals surface area (Å²) in [5.41, 5.74) is 0.692. The van der Waals surface area contributed by atoms with Gasteiger partial charge in [-0.05, 0) is 18.2 Å². The molecule has 0 heterocycles. The van der Waals surface area contributed by atoms with Crippen molar-refractivity contribution in [3.05, 3.63) is 73.9 Å². The molecule has 0 aromatic heterocycles. The molecular formula is C14H14O2. The van der Waals surface area contributed by atoms with Gasteiger partial charge in [-0.2, -0.15) is 0 Å². The van der Waals surface area contributed by atoms with E-state index < -0.39 is 0 Å². The van der Waals surface area contributed by atoms with Crippen LogP contribution in [0.4, 0.5) is 0 Å². The number of rotatable bonds is 4. The minimum atomic E-state index is -0.130. The lowest BCUT2D eigenvalue weighted by Crippen LogP contribution is -1.90. The fourth-order valence-electron chi connectivity index (χ4n) is 0.804. The molecule has 0 aliphatic carbocycles. The van der Waals surface area contributed by atoms with Gasteiger partial charge < -0.3 is 0 Å². The molecule has 0 saturated heterocycles. The molecule has 0 fully saturated rings. The Morgan fingerprint density at radius 3 is 1.69 bits per heavy atom. The average Bonchev–Trinajstić information content (AvgIpc) is 2.38. The van der Waals surface area contributed by atoms with Crippen LogP contribution in [-0.2, 0) is 4.79 Å². The molecule has 0 aliphatic rings. The minimum absolute atomic E-state index is 0.0272. The third kappa shape index (κ3) is 5.50. The van der Waals surface area contributed by atoms with Gasteiger partial charge in [0.15, 0.2) is 11.6 Å². The Morgan fingerprint density at radius 1 is 0.875 bits per heavy atom. The lowest BCUT2D eigenvalue weighted by molar-refractivity contribution is -0.110. The summed E-state index contributed by atoms with van der Waals surface area (Å²) in [6.45, 7) is 9.81. The van der Waals surface area contributed by atoms with Crippen LogP contribution >= 0.6 is 0 Å². The van der Waals surface area contributed by atoms with E-state index in [9.17, 15) is 9.59 Å². The first-order chi connectivity index (χ1) is 7.65. The Morgan fingerprint density at radius 2 is 1.38 bits per heavy atom. The highest BCUT2D eigenvalue weighted by molar-refractivity contribution is 6.04. The number of allylic oxidation sites excluding steroid dienone is 3. The third-order valence-electron chi connectivity index (χ3n) is 1.65. The van der Waals surface area contributed by atoms with Crippen LogP contribution in [0.25, 0.3) is 0 Å². The summed E-state index contributed by atoms with van der Waals surface area (Å²) in [7, 11) is 0. The van der Waals surface area contributed by atoms with Crippen LogP contribution < -0.4 is 0 Å². The molecule has 2 nitrogen and oxygen atoms in total. The maximum absolute atomic E-state index is 10.9.